The minimum Gasteiger partial charge on any atom is -0.444 e. The number of ether oxygens (including phenoxy) is 1. The van der Waals surface area contributed by atoms with Crippen LogP contribution in [0.1, 0.15) is 110 Å². The highest BCUT2D eigenvalue weighted by atomic mass is 16.6. The van der Waals surface area contributed by atoms with E-state index in [9.17, 15) is 4.79 Å². The van der Waals surface area contributed by atoms with E-state index in [1.165, 1.54) is 38.9 Å². The number of rotatable bonds is 7. The average molecular weight is 505 g/mol. The fraction of sp³-hybridized carbons (Fsp3) is 0.545. The van der Waals surface area contributed by atoms with E-state index in [0.717, 1.165) is 37.9 Å². The van der Waals surface area contributed by atoms with Crippen molar-refractivity contribution in [2.75, 3.05) is 13.1 Å². The van der Waals surface area contributed by atoms with Crippen LogP contribution in [-0.4, -0.2) is 34.7 Å². The molecule has 0 radical (unpaired) electrons. The molecule has 0 spiro atoms. The SMILES string of the molecule is C=C(C)/C=C(\C=C(\C)C(C)CC)c1[nH]c2ccc(C3CCN(C(=O)OC(C)(C)C)CC3)cc2c1C(C)C. The molecule has 3 rings (SSSR count). The highest BCUT2D eigenvalue weighted by Crippen LogP contribution is 2.38. The van der Waals surface area contributed by atoms with Gasteiger partial charge in [-0.1, -0.05) is 63.6 Å². The van der Waals surface area contributed by atoms with Gasteiger partial charge in [0.2, 0.25) is 0 Å². The summed E-state index contributed by atoms with van der Waals surface area (Å²) in [6, 6.07) is 6.90. The number of likely N-dealkylation sites (tertiary alicyclic amines) is 1. The molecule has 0 bridgehead atoms. The molecule has 0 saturated carbocycles. The number of carbonyl (C=O) groups is 1. The summed E-state index contributed by atoms with van der Waals surface area (Å²) in [6.07, 6.45) is 7.38. The number of nitrogens with one attached hydrogen (secondary N) is 1. The maximum Gasteiger partial charge on any atom is 0.410 e. The summed E-state index contributed by atoms with van der Waals surface area (Å²) in [6.45, 7) is 24.8. The Morgan fingerprint density at radius 1 is 1.16 bits per heavy atom. The van der Waals surface area contributed by atoms with Gasteiger partial charge in [-0.25, -0.2) is 4.79 Å². The number of carbonyl (C=O) groups excluding carboxylic acids is 1. The lowest BCUT2D eigenvalue weighted by Gasteiger charge is -2.33. The number of allylic oxidation sites excluding steroid dienone is 5. The molecule has 1 aromatic heterocycles. The van der Waals surface area contributed by atoms with Gasteiger partial charge in [0.25, 0.3) is 0 Å². The summed E-state index contributed by atoms with van der Waals surface area (Å²) in [5.41, 5.74) is 8.29. The molecule has 0 aliphatic carbocycles. The summed E-state index contributed by atoms with van der Waals surface area (Å²) in [7, 11) is 0. The molecule has 37 heavy (non-hydrogen) atoms. The number of aromatic amines is 1. The van der Waals surface area contributed by atoms with Crippen molar-refractivity contribution in [3.63, 3.8) is 0 Å². The van der Waals surface area contributed by atoms with Crippen molar-refractivity contribution in [2.45, 2.75) is 99.0 Å². The number of aromatic nitrogens is 1. The molecule has 2 aromatic rings. The van der Waals surface area contributed by atoms with Crippen molar-refractivity contribution in [2.24, 2.45) is 5.92 Å². The van der Waals surface area contributed by atoms with Gasteiger partial charge in [-0.3, -0.25) is 0 Å². The van der Waals surface area contributed by atoms with Crippen LogP contribution < -0.4 is 0 Å². The molecule has 1 unspecified atom stereocenters. The smallest absolute Gasteiger partial charge is 0.410 e. The normalized spacial score (nSPS) is 17.0. The van der Waals surface area contributed by atoms with E-state index in [1.54, 1.807) is 0 Å². The highest BCUT2D eigenvalue weighted by Gasteiger charge is 2.28. The van der Waals surface area contributed by atoms with Crippen molar-refractivity contribution >= 4 is 22.6 Å². The molecular formula is C33H48N2O2. The Kier molecular flexibility index (Phi) is 9.15. The lowest BCUT2D eigenvalue weighted by atomic mass is 9.87. The Hall–Kier alpha value is -2.75. The predicted molar refractivity (Wildman–Crippen MR) is 158 cm³/mol. The number of amides is 1. The van der Waals surface area contributed by atoms with Crippen LogP contribution in [-0.2, 0) is 4.74 Å². The molecule has 1 saturated heterocycles. The van der Waals surface area contributed by atoms with Crippen molar-refractivity contribution in [1.82, 2.24) is 9.88 Å². The molecule has 1 aliphatic rings. The van der Waals surface area contributed by atoms with Gasteiger partial charge < -0.3 is 14.6 Å². The van der Waals surface area contributed by atoms with E-state index in [0.29, 0.717) is 17.8 Å². The minimum atomic E-state index is -0.460. The summed E-state index contributed by atoms with van der Waals surface area (Å²) in [4.78, 5) is 18.1. The van der Waals surface area contributed by atoms with Gasteiger partial charge in [-0.15, -0.1) is 0 Å². The topological polar surface area (TPSA) is 45.3 Å². The van der Waals surface area contributed by atoms with Gasteiger partial charge >= 0.3 is 6.09 Å². The van der Waals surface area contributed by atoms with E-state index < -0.39 is 5.60 Å². The van der Waals surface area contributed by atoms with E-state index in [2.05, 4.69) is 83.5 Å². The summed E-state index contributed by atoms with van der Waals surface area (Å²) >= 11 is 0. The average Bonchev–Trinajstić information content (AvgIpc) is 3.20. The third kappa shape index (κ3) is 7.18. The summed E-state index contributed by atoms with van der Waals surface area (Å²) < 4.78 is 5.59. The molecule has 1 aliphatic heterocycles. The van der Waals surface area contributed by atoms with Crippen molar-refractivity contribution in [3.8, 4) is 0 Å². The number of nitrogens with zero attached hydrogens (tertiary/aromatic N) is 1. The Balaban J connectivity index is 1.95. The third-order valence-electron chi connectivity index (χ3n) is 7.52. The number of hydrogen-bond acceptors (Lipinski definition) is 2. The van der Waals surface area contributed by atoms with Crippen LogP contribution >= 0.6 is 0 Å². The fourth-order valence-electron chi connectivity index (χ4n) is 5.19. The molecular weight excluding hydrogens is 456 g/mol. The van der Waals surface area contributed by atoms with E-state index in [4.69, 9.17) is 4.74 Å². The molecule has 4 heteroatoms. The second kappa shape index (κ2) is 11.8. The maximum absolute atomic E-state index is 12.5. The fourth-order valence-corrected chi connectivity index (χ4v) is 5.19. The van der Waals surface area contributed by atoms with Crippen molar-refractivity contribution in [1.29, 1.82) is 0 Å². The standard InChI is InChI=1S/C33H48N2O2/c1-11-23(6)24(7)19-27(18-21(2)3)31-30(22(4)5)28-20-26(12-13-29(28)34-31)25-14-16-35(17-15-25)32(36)37-33(8,9)10/h12-13,18-20,22-23,25,34H,2,11,14-17H2,1,3-10H3/b24-19-,27-18+. The van der Waals surface area contributed by atoms with Crippen molar-refractivity contribution < 1.29 is 9.53 Å². The van der Waals surface area contributed by atoms with Gasteiger partial charge in [-0.05, 0) is 100 Å². The molecule has 2 heterocycles. The van der Waals surface area contributed by atoms with E-state index in [1.807, 2.05) is 25.7 Å². The second-order valence-electron chi connectivity index (χ2n) is 12.3. The molecule has 1 aromatic carbocycles. The van der Waals surface area contributed by atoms with Crippen molar-refractivity contribution in [3.05, 3.63) is 64.9 Å². The number of fused-ring (bicyclic) bond motifs is 1. The first-order valence-electron chi connectivity index (χ1n) is 14.0. The molecule has 1 N–H and O–H groups in total. The van der Waals surface area contributed by atoms with Crippen LogP contribution in [0.15, 0.2) is 48.1 Å². The summed E-state index contributed by atoms with van der Waals surface area (Å²) in [5, 5.41) is 1.30. The Morgan fingerprint density at radius 2 is 1.81 bits per heavy atom. The lowest BCUT2D eigenvalue weighted by Crippen LogP contribution is -2.41. The van der Waals surface area contributed by atoms with Crippen LogP contribution in [0.5, 0.6) is 0 Å². The van der Waals surface area contributed by atoms with Crippen LogP contribution in [0.3, 0.4) is 0 Å². The Morgan fingerprint density at radius 3 is 2.35 bits per heavy atom. The quantitative estimate of drug-likeness (QED) is 0.382. The zero-order chi connectivity index (χ0) is 27.5. The largest absolute Gasteiger partial charge is 0.444 e. The second-order valence-corrected chi connectivity index (χ2v) is 12.3. The molecule has 4 nitrogen and oxygen atoms in total. The number of piperidine rings is 1. The predicted octanol–water partition coefficient (Wildman–Crippen LogP) is 9.36. The van der Waals surface area contributed by atoms with Gasteiger partial charge in [0.05, 0.1) is 0 Å². The van der Waals surface area contributed by atoms with Crippen LogP contribution in [0, 0.1) is 5.92 Å². The van der Waals surface area contributed by atoms with Gasteiger partial charge in [0, 0.05) is 29.7 Å². The maximum atomic E-state index is 12.5. The first-order valence-corrected chi connectivity index (χ1v) is 14.0. The zero-order valence-electron chi connectivity index (χ0n) is 24.6. The Bertz CT molecular complexity index is 1180. The molecule has 1 fully saturated rings. The van der Waals surface area contributed by atoms with Crippen LogP contribution in [0.4, 0.5) is 4.79 Å². The molecule has 202 valence electrons. The van der Waals surface area contributed by atoms with Crippen LogP contribution in [0.25, 0.3) is 16.5 Å². The zero-order valence-corrected chi connectivity index (χ0v) is 24.6. The lowest BCUT2D eigenvalue weighted by molar-refractivity contribution is 0.0205. The Labute approximate surface area is 224 Å². The first kappa shape index (κ1) is 28.8. The first-order chi connectivity index (χ1) is 17.3. The molecule has 1 atom stereocenters. The van der Waals surface area contributed by atoms with Crippen LogP contribution in [0.2, 0.25) is 0 Å². The monoisotopic (exact) mass is 504 g/mol. The number of benzene rings is 1. The van der Waals surface area contributed by atoms with E-state index in [-0.39, 0.29) is 6.09 Å². The van der Waals surface area contributed by atoms with E-state index >= 15 is 0 Å². The van der Waals surface area contributed by atoms with Gasteiger partial charge in [0.1, 0.15) is 5.60 Å². The summed E-state index contributed by atoms with van der Waals surface area (Å²) in [5.74, 6) is 1.36. The minimum absolute atomic E-state index is 0.198. The number of H-pyrrole nitrogens is 1. The highest BCUT2D eigenvalue weighted by molar-refractivity contribution is 5.92. The van der Waals surface area contributed by atoms with Gasteiger partial charge in [-0.2, -0.15) is 0 Å². The third-order valence-corrected chi connectivity index (χ3v) is 7.52. The molecule has 1 amide bonds. The van der Waals surface area contributed by atoms with Gasteiger partial charge in [0.15, 0.2) is 0 Å². The number of hydrogen-bond donors (Lipinski definition) is 1.